The number of hydrogen-bond acceptors (Lipinski definition) is 5. The first-order chi connectivity index (χ1) is 11.1. The Morgan fingerprint density at radius 2 is 2.22 bits per heavy atom. The van der Waals surface area contributed by atoms with Crippen molar-refractivity contribution >= 4 is 17.7 Å². The number of nitrogens with zero attached hydrogens (tertiary/aromatic N) is 4. The molecule has 7 heteroatoms. The lowest BCUT2D eigenvalue weighted by Crippen LogP contribution is -2.33. The van der Waals surface area contributed by atoms with Crippen LogP contribution < -0.4 is 5.32 Å². The van der Waals surface area contributed by atoms with Crippen molar-refractivity contribution in [2.45, 2.75) is 49.6 Å². The highest BCUT2D eigenvalue weighted by molar-refractivity contribution is 8.00. The van der Waals surface area contributed by atoms with Gasteiger partial charge in [-0.3, -0.25) is 4.79 Å². The molecule has 1 aromatic heterocycles. The van der Waals surface area contributed by atoms with Crippen LogP contribution >= 0.6 is 11.8 Å². The summed E-state index contributed by atoms with van der Waals surface area (Å²) in [6.45, 7) is 11.2. The molecule has 23 heavy (non-hydrogen) atoms. The molecule has 2 rings (SSSR count). The van der Waals surface area contributed by atoms with E-state index in [0.717, 1.165) is 36.9 Å². The van der Waals surface area contributed by atoms with Gasteiger partial charge in [0.25, 0.3) is 0 Å². The van der Waals surface area contributed by atoms with Gasteiger partial charge in [0, 0.05) is 26.1 Å². The number of nitrogens with one attached hydrogen (secondary N) is 1. The van der Waals surface area contributed by atoms with Gasteiger partial charge in [-0.2, -0.15) is 0 Å². The number of hydrogen-bond donors (Lipinski definition) is 1. The van der Waals surface area contributed by atoms with E-state index in [0.29, 0.717) is 19.0 Å². The van der Waals surface area contributed by atoms with Gasteiger partial charge in [-0.1, -0.05) is 17.8 Å². The summed E-state index contributed by atoms with van der Waals surface area (Å²) in [5, 5.41) is 12.8. The number of allylic oxidation sites excluding steroid dienone is 1. The van der Waals surface area contributed by atoms with E-state index in [-0.39, 0.29) is 11.2 Å². The van der Waals surface area contributed by atoms with Crippen LogP contribution in [0.3, 0.4) is 0 Å². The molecule has 0 aromatic carbocycles. The largest absolute Gasteiger partial charge is 0.345 e. The van der Waals surface area contributed by atoms with Gasteiger partial charge in [-0.25, -0.2) is 0 Å². The van der Waals surface area contributed by atoms with Crippen LogP contribution in [0.5, 0.6) is 0 Å². The Morgan fingerprint density at radius 1 is 1.52 bits per heavy atom. The molecule has 1 aliphatic rings. The second-order valence-corrected chi connectivity index (χ2v) is 7.18. The fourth-order valence-electron chi connectivity index (χ4n) is 2.74. The van der Waals surface area contributed by atoms with Crippen LogP contribution in [0, 0.1) is 0 Å². The van der Waals surface area contributed by atoms with E-state index in [9.17, 15) is 4.79 Å². The summed E-state index contributed by atoms with van der Waals surface area (Å²) in [6, 6.07) is 0. The van der Waals surface area contributed by atoms with Gasteiger partial charge in [0.1, 0.15) is 5.82 Å². The molecular weight excluding hydrogens is 310 g/mol. The number of carbonyl (C=O) groups is 1. The number of aromatic nitrogens is 3. The van der Waals surface area contributed by atoms with Crippen LogP contribution in [-0.4, -0.2) is 57.5 Å². The molecule has 0 spiro atoms. The minimum Gasteiger partial charge on any atom is -0.345 e. The van der Waals surface area contributed by atoms with E-state index in [4.69, 9.17) is 0 Å². The minimum atomic E-state index is -0.173. The highest BCUT2D eigenvalue weighted by atomic mass is 32.2. The molecule has 1 fully saturated rings. The van der Waals surface area contributed by atoms with Crippen molar-refractivity contribution < 1.29 is 4.79 Å². The Morgan fingerprint density at radius 3 is 2.83 bits per heavy atom. The Kier molecular flexibility index (Phi) is 6.65. The van der Waals surface area contributed by atoms with Crippen molar-refractivity contribution in [3.05, 3.63) is 18.5 Å². The van der Waals surface area contributed by atoms with Gasteiger partial charge in [-0.15, -0.1) is 16.8 Å². The molecule has 1 saturated heterocycles. The molecule has 1 amide bonds. The first-order valence-corrected chi connectivity index (χ1v) is 9.12. The van der Waals surface area contributed by atoms with Crippen molar-refractivity contribution in [3.8, 4) is 0 Å². The molecule has 1 aromatic rings. The number of amides is 1. The fourth-order valence-corrected chi connectivity index (χ4v) is 3.73. The minimum absolute atomic E-state index is 0.120. The van der Waals surface area contributed by atoms with E-state index in [1.54, 1.807) is 4.90 Å². The maximum Gasteiger partial charge on any atom is 0.235 e. The highest BCUT2D eigenvalue weighted by Crippen LogP contribution is 2.29. The van der Waals surface area contributed by atoms with Crippen molar-refractivity contribution in [2.75, 3.05) is 26.7 Å². The number of carbonyl (C=O) groups excluding carboxylic acids is 1. The summed E-state index contributed by atoms with van der Waals surface area (Å²) >= 11 is 1.48. The summed E-state index contributed by atoms with van der Waals surface area (Å²) in [6.07, 6.45) is 4.02. The zero-order valence-corrected chi connectivity index (χ0v) is 15.1. The van der Waals surface area contributed by atoms with E-state index in [1.807, 2.05) is 27.0 Å². The van der Waals surface area contributed by atoms with Crippen LogP contribution in [0.25, 0.3) is 0 Å². The second kappa shape index (κ2) is 8.49. The molecule has 2 heterocycles. The molecule has 1 aliphatic heterocycles. The second-order valence-electron chi connectivity index (χ2n) is 5.88. The summed E-state index contributed by atoms with van der Waals surface area (Å²) in [7, 11) is 1.83. The van der Waals surface area contributed by atoms with Gasteiger partial charge < -0.3 is 14.8 Å². The van der Waals surface area contributed by atoms with Crippen molar-refractivity contribution in [1.29, 1.82) is 0 Å². The molecule has 1 atom stereocenters. The molecule has 128 valence electrons. The Labute approximate surface area is 142 Å². The van der Waals surface area contributed by atoms with Gasteiger partial charge in [0.2, 0.25) is 5.91 Å². The van der Waals surface area contributed by atoms with E-state index in [1.165, 1.54) is 11.8 Å². The third-order valence-corrected chi connectivity index (χ3v) is 5.31. The third-order valence-electron chi connectivity index (χ3n) is 4.24. The normalized spacial score (nSPS) is 17.0. The first kappa shape index (κ1) is 18.0. The summed E-state index contributed by atoms with van der Waals surface area (Å²) in [5.41, 5.74) is 0. The molecule has 0 aliphatic carbocycles. The quantitative estimate of drug-likeness (QED) is 0.608. The first-order valence-electron chi connectivity index (χ1n) is 8.24. The smallest absolute Gasteiger partial charge is 0.235 e. The highest BCUT2D eigenvalue weighted by Gasteiger charge is 2.25. The van der Waals surface area contributed by atoms with Gasteiger partial charge >= 0.3 is 0 Å². The average Bonchev–Trinajstić information content (AvgIpc) is 2.97. The number of thioether (sulfide) groups is 1. The van der Waals surface area contributed by atoms with Crippen molar-refractivity contribution in [1.82, 2.24) is 25.0 Å². The van der Waals surface area contributed by atoms with E-state index < -0.39 is 0 Å². The molecule has 0 radical (unpaired) electrons. The predicted molar refractivity (Wildman–Crippen MR) is 93.7 cm³/mol. The Hall–Kier alpha value is -1.34. The number of piperidine rings is 1. The molecule has 1 N–H and O–H groups in total. The van der Waals surface area contributed by atoms with Crippen LogP contribution in [-0.2, 0) is 11.3 Å². The maximum atomic E-state index is 12.3. The fraction of sp³-hybridized carbons (Fsp3) is 0.688. The summed E-state index contributed by atoms with van der Waals surface area (Å²) in [5.74, 6) is 1.58. The topological polar surface area (TPSA) is 63.1 Å². The van der Waals surface area contributed by atoms with Gasteiger partial charge in [0.15, 0.2) is 5.16 Å². The van der Waals surface area contributed by atoms with Crippen LogP contribution in [0.1, 0.15) is 38.4 Å². The molecular formula is C16H27N5OS. The zero-order chi connectivity index (χ0) is 16.8. The third kappa shape index (κ3) is 4.35. The molecule has 0 bridgehead atoms. The van der Waals surface area contributed by atoms with Crippen LogP contribution in [0.2, 0.25) is 0 Å². The number of rotatable bonds is 7. The maximum absolute atomic E-state index is 12.3. The average molecular weight is 337 g/mol. The lowest BCUT2D eigenvalue weighted by molar-refractivity contribution is -0.128. The molecule has 0 saturated carbocycles. The van der Waals surface area contributed by atoms with Gasteiger partial charge in [-0.05, 0) is 39.8 Å². The summed E-state index contributed by atoms with van der Waals surface area (Å²) < 4.78 is 2.11. The SMILES string of the molecule is C=CCn1c(SC(C)C(=O)N(C)CC)nnc1C1CCNCC1. The molecule has 6 nitrogen and oxygen atoms in total. The predicted octanol–water partition coefficient (Wildman–Crippen LogP) is 1.89. The van der Waals surface area contributed by atoms with Gasteiger partial charge in [0.05, 0.1) is 5.25 Å². The Balaban J connectivity index is 2.16. The molecule has 1 unspecified atom stereocenters. The van der Waals surface area contributed by atoms with E-state index >= 15 is 0 Å². The lowest BCUT2D eigenvalue weighted by Gasteiger charge is -2.23. The lowest BCUT2D eigenvalue weighted by atomic mass is 9.97. The summed E-state index contributed by atoms with van der Waals surface area (Å²) in [4.78, 5) is 14.0. The standard InChI is InChI=1S/C16H27N5OS/c1-5-11-21-14(13-7-9-17-10-8-13)18-19-16(21)23-12(3)15(22)20(4)6-2/h5,12-13,17H,1,6-11H2,2-4H3. The zero-order valence-electron chi connectivity index (χ0n) is 14.3. The van der Waals surface area contributed by atoms with Crippen LogP contribution in [0.15, 0.2) is 17.8 Å². The van der Waals surface area contributed by atoms with E-state index in [2.05, 4.69) is 26.7 Å². The Bertz CT molecular complexity index is 539. The van der Waals surface area contributed by atoms with Crippen molar-refractivity contribution in [2.24, 2.45) is 0 Å². The monoisotopic (exact) mass is 337 g/mol. The van der Waals surface area contributed by atoms with Crippen molar-refractivity contribution in [3.63, 3.8) is 0 Å². The van der Waals surface area contributed by atoms with Crippen LogP contribution in [0.4, 0.5) is 0 Å².